The summed E-state index contributed by atoms with van der Waals surface area (Å²) >= 11 is 0. The Labute approximate surface area is 134 Å². The highest BCUT2D eigenvalue weighted by Crippen LogP contribution is 2.25. The van der Waals surface area contributed by atoms with Gasteiger partial charge in [-0.2, -0.15) is 0 Å². The molecule has 2 aliphatic rings. The maximum absolute atomic E-state index is 12.1. The van der Waals surface area contributed by atoms with Gasteiger partial charge in [-0.1, -0.05) is 6.07 Å². The van der Waals surface area contributed by atoms with E-state index >= 15 is 0 Å². The van der Waals surface area contributed by atoms with Gasteiger partial charge in [-0.3, -0.25) is 0 Å². The fourth-order valence-corrected chi connectivity index (χ4v) is 2.07. The van der Waals surface area contributed by atoms with E-state index in [9.17, 15) is 24.3 Å². The summed E-state index contributed by atoms with van der Waals surface area (Å²) in [6.45, 7) is 0. The molecule has 2 aliphatic heterocycles. The molecule has 1 N–H and O–H groups in total. The summed E-state index contributed by atoms with van der Waals surface area (Å²) in [7, 11) is 0. The molecular formula is C16H8O8. The van der Waals surface area contributed by atoms with E-state index in [4.69, 9.17) is 4.74 Å². The van der Waals surface area contributed by atoms with Crippen LogP contribution in [-0.4, -0.2) is 29.0 Å². The minimum Gasteiger partial charge on any atom is -0.478 e. The fraction of sp³-hybridized carbons (Fsp3) is 0. The summed E-state index contributed by atoms with van der Waals surface area (Å²) in [5, 5.41) is 9.18. The Morgan fingerprint density at radius 2 is 1.38 bits per heavy atom. The number of fused-ring (bicyclic) bond motifs is 6. The Morgan fingerprint density at radius 1 is 0.792 bits per heavy atom. The predicted octanol–water partition coefficient (Wildman–Crippen LogP) is 1.85. The van der Waals surface area contributed by atoms with Crippen LogP contribution in [-0.2, 0) is 9.78 Å². The lowest BCUT2D eigenvalue weighted by Gasteiger charge is -2.12. The first-order chi connectivity index (χ1) is 11.5. The lowest BCUT2D eigenvalue weighted by molar-refractivity contribution is -0.187. The number of aromatic carboxylic acids is 1. The fourth-order valence-electron chi connectivity index (χ4n) is 2.07. The van der Waals surface area contributed by atoms with Crippen LogP contribution in [0.4, 0.5) is 0 Å². The van der Waals surface area contributed by atoms with E-state index < -0.39 is 35.0 Å². The van der Waals surface area contributed by atoms with Gasteiger partial charge in [0.2, 0.25) is 0 Å². The van der Waals surface area contributed by atoms with Gasteiger partial charge in [0.25, 0.3) is 0 Å². The highest BCUT2D eigenvalue weighted by Gasteiger charge is 2.27. The number of ether oxygens (including phenoxy) is 1. The van der Waals surface area contributed by atoms with Crippen LogP contribution in [0, 0.1) is 0 Å². The SMILES string of the molecule is O=C1OOC(=O)c2c(cccc2C(=O)O)OC(=O)c2ccc1cc2. The van der Waals surface area contributed by atoms with E-state index in [1.165, 1.54) is 36.4 Å². The highest BCUT2D eigenvalue weighted by molar-refractivity contribution is 6.05. The van der Waals surface area contributed by atoms with Crippen LogP contribution in [0.1, 0.15) is 41.4 Å². The van der Waals surface area contributed by atoms with Crippen LogP contribution in [0.5, 0.6) is 5.75 Å². The summed E-state index contributed by atoms with van der Waals surface area (Å²) in [6.07, 6.45) is 0. The number of benzene rings is 2. The van der Waals surface area contributed by atoms with Crippen molar-refractivity contribution < 1.29 is 38.8 Å². The quantitative estimate of drug-likeness (QED) is 0.479. The Hall–Kier alpha value is -3.68. The van der Waals surface area contributed by atoms with Crippen LogP contribution < -0.4 is 4.74 Å². The normalized spacial score (nSPS) is 13.8. The van der Waals surface area contributed by atoms with Crippen LogP contribution in [0.3, 0.4) is 0 Å². The second-order valence-corrected chi connectivity index (χ2v) is 4.69. The van der Waals surface area contributed by atoms with Gasteiger partial charge < -0.3 is 9.84 Å². The third-order valence-electron chi connectivity index (χ3n) is 3.21. The topological polar surface area (TPSA) is 116 Å². The van der Waals surface area contributed by atoms with E-state index in [1.54, 1.807) is 0 Å². The molecule has 2 bridgehead atoms. The van der Waals surface area contributed by atoms with Crippen molar-refractivity contribution in [2.45, 2.75) is 0 Å². The average Bonchev–Trinajstić information content (AvgIpc) is 2.58. The van der Waals surface area contributed by atoms with Crippen LogP contribution >= 0.6 is 0 Å². The molecule has 120 valence electrons. The number of hydrogen-bond acceptors (Lipinski definition) is 7. The molecule has 8 nitrogen and oxygen atoms in total. The Morgan fingerprint density at radius 3 is 2.00 bits per heavy atom. The predicted molar refractivity (Wildman–Crippen MR) is 75.6 cm³/mol. The summed E-state index contributed by atoms with van der Waals surface area (Å²) in [5.41, 5.74) is -0.868. The third kappa shape index (κ3) is 2.68. The Kier molecular flexibility index (Phi) is 3.70. The van der Waals surface area contributed by atoms with E-state index in [0.29, 0.717) is 0 Å². The second-order valence-electron chi connectivity index (χ2n) is 4.69. The minimum absolute atomic E-state index is 0.0340. The van der Waals surface area contributed by atoms with Crippen molar-refractivity contribution in [2.24, 2.45) is 0 Å². The first kappa shape index (κ1) is 15.2. The zero-order chi connectivity index (χ0) is 17.3. The Bertz CT molecular complexity index is 866. The monoisotopic (exact) mass is 328 g/mol. The number of carbonyl (C=O) groups excluding carboxylic acids is 3. The maximum Gasteiger partial charge on any atom is 0.390 e. The van der Waals surface area contributed by atoms with Crippen molar-refractivity contribution in [3.8, 4) is 5.75 Å². The van der Waals surface area contributed by atoms with Crippen molar-refractivity contribution in [3.63, 3.8) is 0 Å². The molecular weight excluding hydrogens is 320 g/mol. The largest absolute Gasteiger partial charge is 0.478 e. The first-order valence-corrected chi connectivity index (χ1v) is 6.59. The lowest BCUT2D eigenvalue weighted by atomic mass is 10.1. The van der Waals surface area contributed by atoms with Gasteiger partial charge in [-0.05, 0) is 36.4 Å². The van der Waals surface area contributed by atoms with Gasteiger partial charge in [-0.25, -0.2) is 29.0 Å². The standard InChI is InChI=1S/C16H8O8/c17-13(18)10-2-1-3-11-12(10)16(21)24-23-15(20)9-6-4-8(5-7-9)14(19)22-11/h1-7H,(H,17,18). The van der Waals surface area contributed by atoms with Gasteiger partial charge in [0, 0.05) is 0 Å². The molecule has 0 saturated heterocycles. The van der Waals surface area contributed by atoms with Crippen LogP contribution in [0.2, 0.25) is 0 Å². The van der Waals surface area contributed by atoms with Gasteiger partial charge >= 0.3 is 23.9 Å². The maximum atomic E-state index is 12.1. The molecule has 0 radical (unpaired) electrons. The smallest absolute Gasteiger partial charge is 0.390 e. The van der Waals surface area contributed by atoms with E-state index in [1.807, 2.05) is 0 Å². The molecule has 24 heavy (non-hydrogen) atoms. The van der Waals surface area contributed by atoms with E-state index in [-0.39, 0.29) is 16.9 Å². The molecule has 0 fully saturated rings. The van der Waals surface area contributed by atoms with Gasteiger partial charge in [0.05, 0.1) is 16.7 Å². The first-order valence-electron chi connectivity index (χ1n) is 6.59. The van der Waals surface area contributed by atoms with Crippen LogP contribution in [0.15, 0.2) is 42.5 Å². The molecule has 4 rings (SSSR count). The molecule has 8 heteroatoms. The number of carbonyl (C=O) groups is 4. The molecule has 0 amide bonds. The van der Waals surface area contributed by atoms with E-state index in [2.05, 4.69) is 9.78 Å². The van der Waals surface area contributed by atoms with Crippen molar-refractivity contribution >= 4 is 23.9 Å². The van der Waals surface area contributed by atoms with Gasteiger partial charge in [0.1, 0.15) is 11.3 Å². The average molecular weight is 328 g/mol. The van der Waals surface area contributed by atoms with Crippen molar-refractivity contribution in [2.75, 3.05) is 0 Å². The molecule has 0 aliphatic carbocycles. The van der Waals surface area contributed by atoms with Crippen molar-refractivity contribution in [1.29, 1.82) is 0 Å². The molecule has 0 spiro atoms. The molecule has 2 aromatic rings. The number of esters is 1. The summed E-state index contributed by atoms with van der Waals surface area (Å²) < 4.78 is 5.09. The summed E-state index contributed by atoms with van der Waals surface area (Å²) in [4.78, 5) is 56.1. The van der Waals surface area contributed by atoms with Crippen molar-refractivity contribution in [3.05, 3.63) is 64.7 Å². The van der Waals surface area contributed by atoms with E-state index in [0.717, 1.165) is 6.07 Å². The number of hydrogen-bond donors (Lipinski definition) is 1. The highest BCUT2D eigenvalue weighted by atomic mass is 17.2. The third-order valence-corrected chi connectivity index (χ3v) is 3.21. The van der Waals surface area contributed by atoms with Crippen molar-refractivity contribution in [1.82, 2.24) is 0 Å². The summed E-state index contributed by atoms with van der Waals surface area (Å²) in [6, 6.07) is 8.88. The van der Waals surface area contributed by atoms with Crippen LogP contribution in [0.25, 0.3) is 0 Å². The molecule has 0 unspecified atom stereocenters. The molecule has 0 atom stereocenters. The molecule has 2 aromatic carbocycles. The zero-order valence-corrected chi connectivity index (χ0v) is 11.8. The van der Waals surface area contributed by atoms with Gasteiger partial charge in [0.15, 0.2) is 0 Å². The Balaban J connectivity index is 2.15. The lowest BCUT2D eigenvalue weighted by Crippen LogP contribution is -2.19. The minimum atomic E-state index is -1.44. The number of carboxylic acids is 1. The zero-order valence-electron chi connectivity index (χ0n) is 11.8. The second kappa shape index (κ2) is 5.84. The number of rotatable bonds is 1. The molecule has 2 heterocycles. The molecule has 0 saturated carbocycles. The van der Waals surface area contributed by atoms with Gasteiger partial charge in [-0.15, -0.1) is 0 Å². The number of carboxylic acid groups (broad SMARTS) is 1. The molecule has 0 aromatic heterocycles. The summed E-state index contributed by atoms with van der Waals surface area (Å²) in [5.74, 6) is -4.85.